The standard InChI is InChI=1S/C19H27N3O2/c23-14-19(22-17-9-5-4-8-16(17)20-18(22)24)10-12-21(13-11-19)15-6-2-1-3-7-15/h4-5,8-9,15,23H,1-3,6-7,10-14H2,(H,20,24). The number of rotatable bonds is 3. The van der Waals surface area contributed by atoms with E-state index in [2.05, 4.69) is 9.88 Å². The summed E-state index contributed by atoms with van der Waals surface area (Å²) in [4.78, 5) is 18.1. The first-order chi connectivity index (χ1) is 11.7. The van der Waals surface area contributed by atoms with E-state index in [0.717, 1.165) is 37.0 Å². The molecule has 1 aromatic heterocycles. The molecule has 0 unspecified atom stereocenters. The molecular weight excluding hydrogens is 302 g/mol. The minimum atomic E-state index is -0.470. The first kappa shape index (κ1) is 15.9. The van der Waals surface area contributed by atoms with Gasteiger partial charge in [-0.2, -0.15) is 0 Å². The molecule has 1 aliphatic carbocycles. The van der Waals surface area contributed by atoms with Gasteiger partial charge in [0.25, 0.3) is 0 Å². The molecule has 2 heterocycles. The third-order valence-corrected chi connectivity index (χ3v) is 6.18. The highest BCUT2D eigenvalue weighted by Gasteiger charge is 2.39. The van der Waals surface area contributed by atoms with Crippen molar-refractivity contribution in [2.24, 2.45) is 0 Å². The molecule has 130 valence electrons. The predicted molar refractivity (Wildman–Crippen MR) is 95.3 cm³/mol. The van der Waals surface area contributed by atoms with Crippen molar-refractivity contribution in [2.75, 3.05) is 19.7 Å². The summed E-state index contributed by atoms with van der Waals surface area (Å²) in [6.07, 6.45) is 8.33. The Bertz CT molecular complexity index is 749. The molecule has 0 bridgehead atoms. The zero-order chi connectivity index (χ0) is 16.6. The summed E-state index contributed by atoms with van der Waals surface area (Å²) in [5.74, 6) is 0. The SMILES string of the molecule is O=c1[nH]c2ccccc2n1C1(CO)CCN(C2CCCCC2)CC1. The van der Waals surface area contributed by atoms with E-state index in [1.54, 1.807) is 0 Å². The van der Waals surface area contributed by atoms with Crippen LogP contribution in [0.2, 0.25) is 0 Å². The molecule has 5 nitrogen and oxygen atoms in total. The number of aliphatic hydroxyl groups is 1. The molecule has 1 aromatic carbocycles. The highest BCUT2D eigenvalue weighted by atomic mass is 16.3. The zero-order valence-corrected chi connectivity index (χ0v) is 14.2. The lowest BCUT2D eigenvalue weighted by Crippen LogP contribution is -2.53. The van der Waals surface area contributed by atoms with Crippen molar-refractivity contribution in [1.82, 2.24) is 14.5 Å². The Morgan fingerprint density at radius 2 is 1.83 bits per heavy atom. The van der Waals surface area contributed by atoms with Crippen LogP contribution in [0.5, 0.6) is 0 Å². The molecule has 0 amide bonds. The molecule has 2 fully saturated rings. The van der Waals surface area contributed by atoms with Gasteiger partial charge in [0.05, 0.1) is 23.2 Å². The van der Waals surface area contributed by atoms with Gasteiger partial charge >= 0.3 is 5.69 Å². The normalized spacial score (nSPS) is 22.9. The van der Waals surface area contributed by atoms with E-state index in [-0.39, 0.29) is 12.3 Å². The second kappa shape index (κ2) is 6.37. The second-order valence-electron chi connectivity index (χ2n) is 7.49. The number of piperidine rings is 1. The fourth-order valence-corrected chi connectivity index (χ4v) is 4.73. The number of aromatic amines is 1. The Morgan fingerprint density at radius 3 is 2.54 bits per heavy atom. The van der Waals surface area contributed by atoms with Gasteiger partial charge in [0.2, 0.25) is 0 Å². The van der Waals surface area contributed by atoms with E-state index >= 15 is 0 Å². The molecule has 1 aliphatic heterocycles. The molecule has 0 atom stereocenters. The Morgan fingerprint density at radius 1 is 1.12 bits per heavy atom. The van der Waals surface area contributed by atoms with Gasteiger partial charge in [-0.25, -0.2) is 4.79 Å². The molecule has 0 radical (unpaired) electrons. The van der Waals surface area contributed by atoms with Crippen molar-refractivity contribution in [2.45, 2.75) is 56.5 Å². The largest absolute Gasteiger partial charge is 0.394 e. The van der Waals surface area contributed by atoms with Crippen molar-refractivity contribution in [3.63, 3.8) is 0 Å². The number of aromatic nitrogens is 2. The van der Waals surface area contributed by atoms with Crippen LogP contribution in [0.15, 0.2) is 29.1 Å². The van der Waals surface area contributed by atoms with Crippen LogP contribution < -0.4 is 5.69 Å². The van der Waals surface area contributed by atoms with Crippen LogP contribution in [-0.4, -0.2) is 45.3 Å². The number of para-hydroxylation sites is 2. The number of imidazole rings is 1. The number of hydrogen-bond acceptors (Lipinski definition) is 3. The lowest BCUT2D eigenvalue weighted by atomic mass is 9.85. The van der Waals surface area contributed by atoms with Crippen molar-refractivity contribution < 1.29 is 5.11 Å². The number of benzene rings is 1. The van der Waals surface area contributed by atoms with E-state index < -0.39 is 5.54 Å². The number of likely N-dealkylation sites (tertiary alicyclic amines) is 1. The van der Waals surface area contributed by atoms with Crippen molar-refractivity contribution in [3.05, 3.63) is 34.7 Å². The van der Waals surface area contributed by atoms with Crippen LogP contribution in [0.25, 0.3) is 11.0 Å². The summed E-state index contributed by atoms with van der Waals surface area (Å²) in [5.41, 5.74) is 1.19. The molecular formula is C19H27N3O2. The highest BCUT2D eigenvalue weighted by molar-refractivity contribution is 5.75. The Kier molecular flexibility index (Phi) is 4.22. The maximum absolute atomic E-state index is 12.6. The smallest absolute Gasteiger partial charge is 0.327 e. The van der Waals surface area contributed by atoms with Gasteiger partial charge in [-0.05, 0) is 37.8 Å². The van der Waals surface area contributed by atoms with Gasteiger partial charge in [0.15, 0.2) is 0 Å². The number of nitrogens with zero attached hydrogens (tertiary/aromatic N) is 2. The summed E-state index contributed by atoms with van der Waals surface area (Å²) >= 11 is 0. The van der Waals surface area contributed by atoms with Crippen molar-refractivity contribution >= 4 is 11.0 Å². The van der Waals surface area contributed by atoms with E-state index in [9.17, 15) is 9.90 Å². The Hall–Kier alpha value is -1.59. The molecule has 1 saturated heterocycles. The van der Waals surface area contributed by atoms with Gasteiger partial charge < -0.3 is 15.0 Å². The quantitative estimate of drug-likeness (QED) is 0.909. The summed E-state index contributed by atoms with van der Waals surface area (Å²) < 4.78 is 1.82. The second-order valence-corrected chi connectivity index (χ2v) is 7.49. The van der Waals surface area contributed by atoms with Gasteiger partial charge in [-0.15, -0.1) is 0 Å². The average molecular weight is 329 g/mol. The number of nitrogens with one attached hydrogen (secondary N) is 1. The van der Waals surface area contributed by atoms with E-state index in [4.69, 9.17) is 0 Å². The van der Waals surface area contributed by atoms with E-state index in [0.29, 0.717) is 6.04 Å². The average Bonchev–Trinajstić information content (AvgIpc) is 2.99. The Balaban J connectivity index is 1.61. The molecule has 5 heteroatoms. The van der Waals surface area contributed by atoms with Crippen LogP contribution in [-0.2, 0) is 5.54 Å². The maximum atomic E-state index is 12.6. The third kappa shape index (κ3) is 2.60. The summed E-state index contributed by atoms with van der Waals surface area (Å²) in [5, 5.41) is 10.2. The van der Waals surface area contributed by atoms with Gasteiger partial charge in [-0.3, -0.25) is 4.57 Å². The van der Waals surface area contributed by atoms with Crippen molar-refractivity contribution in [1.29, 1.82) is 0 Å². The minimum Gasteiger partial charge on any atom is -0.394 e. The lowest BCUT2D eigenvalue weighted by Gasteiger charge is -2.45. The maximum Gasteiger partial charge on any atom is 0.327 e. The molecule has 4 rings (SSSR count). The topological polar surface area (TPSA) is 61.3 Å². The Labute approximate surface area is 142 Å². The fraction of sp³-hybridized carbons (Fsp3) is 0.632. The monoisotopic (exact) mass is 329 g/mol. The highest BCUT2D eigenvalue weighted by Crippen LogP contribution is 2.34. The van der Waals surface area contributed by atoms with E-state index in [1.807, 2.05) is 28.8 Å². The lowest BCUT2D eigenvalue weighted by molar-refractivity contribution is 0.0277. The molecule has 1 saturated carbocycles. The van der Waals surface area contributed by atoms with Gasteiger partial charge in [0, 0.05) is 19.1 Å². The van der Waals surface area contributed by atoms with Crippen LogP contribution in [0.4, 0.5) is 0 Å². The van der Waals surface area contributed by atoms with Crippen LogP contribution >= 0.6 is 0 Å². The summed E-state index contributed by atoms with van der Waals surface area (Å²) in [6.45, 7) is 1.96. The molecule has 24 heavy (non-hydrogen) atoms. The van der Waals surface area contributed by atoms with Crippen LogP contribution in [0.1, 0.15) is 44.9 Å². The van der Waals surface area contributed by atoms with Gasteiger partial charge in [-0.1, -0.05) is 31.4 Å². The number of H-pyrrole nitrogens is 1. The predicted octanol–water partition coefficient (Wildman–Crippen LogP) is 2.45. The fourth-order valence-electron chi connectivity index (χ4n) is 4.73. The van der Waals surface area contributed by atoms with Crippen LogP contribution in [0.3, 0.4) is 0 Å². The van der Waals surface area contributed by atoms with Crippen molar-refractivity contribution in [3.8, 4) is 0 Å². The molecule has 2 aromatic rings. The molecule has 0 spiro atoms. The minimum absolute atomic E-state index is 0.0211. The first-order valence-corrected chi connectivity index (χ1v) is 9.29. The van der Waals surface area contributed by atoms with Gasteiger partial charge in [0.1, 0.15) is 0 Å². The van der Waals surface area contributed by atoms with Crippen LogP contribution in [0, 0.1) is 0 Å². The summed E-state index contributed by atoms with van der Waals surface area (Å²) in [6, 6.07) is 8.48. The number of hydrogen-bond donors (Lipinski definition) is 2. The zero-order valence-electron chi connectivity index (χ0n) is 14.2. The summed E-state index contributed by atoms with van der Waals surface area (Å²) in [7, 11) is 0. The number of aliphatic hydroxyl groups excluding tert-OH is 1. The third-order valence-electron chi connectivity index (χ3n) is 6.18. The molecule has 2 N–H and O–H groups in total. The first-order valence-electron chi connectivity index (χ1n) is 9.29. The molecule has 2 aliphatic rings. The van der Waals surface area contributed by atoms with E-state index in [1.165, 1.54) is 32.1 Å². The number of fused-ring (bicyclic) bond motifs is 1.